The lowest BCUT2D eigenvalue weighted by molar-refractivity contribution is -0.153. The number of para-hydroxylation sites is 1. The molecule has 1 aliphatic rings. The van der Waals surface area contributed by atoms with Gasteiger partial charge in [-0.05, 0) is 30.3 Å². The largest absolute Gasteiger partial charge is 0.483 e. The number of nitrogens with zero attached hydrogens (tertiary/aromatic N) is 2. The number of nitriles is 1. The second kappa shape index (κ2) is 8.41. The third-order valence-corrected chi connectivity index (χ3v) is 4.40. The first kappa shape index (κ1) is 21.1. The second-order valence-electron chi connectivity index (χ2n) is 6.57. The number of amides is 2. The Labute approximate surface area is 168 Å². The van der Waals surface area contributed by atoms with Gasteiger partial charge in [0.2, 0.25) is 11.8 Å². The molecule has 1 unspecified atom stereocenters. The fourth-order valence-electron chi connectivity index (χ4n) is 3.01. The zero-order valence-electron chi connectivity index (χ0n) is 15.4. The summed E-state index contributed by atoms with van der Waals surface area (Å²) in [6.07, 6.45) is -4.68. The molecule has 1 aliphatic heterocycles. The molecule has 0 radical (unpaired) electrons. The summed E-state index contributed by atoms with van der Waals surface area (Å²) >= 11 is 0. The number of alkyl halides is 3. The standard InChI is InChI=1S/C20H15F4N3O3/c21-15-3-1-2-4-16(15)27-10-13(8-18(27)28)19(29)26-14-5-6-17(12(7-14)9-25)30-11-20(22,23)24/h1-7,13H,8,10-11H2,(H,26,29). The van der Waals surface area contributed by atoms with Crippen molar-refractivity contribution in [1.29, 1.82) is 5.26 Å². The summed E-state index contributed by atoms with van der Waals surface area (Å²) in [7, 11) is 0. The molecule has 1 heterocycles. The number of anilines is 2. The van der Waals surface area contributed by atoms with Gasteiger partial charge in [0.1, 0.15) is 17.6 Å². The van der Waals surface area contributed by atoms with Gasteiger partial charge in [0.05, 0.1) is 17.2 Å². The molecular formula is C20H15F4N3O3. The van der Waals surface area contributed by atoms with Crippen LogP contribution >= 0.6 is 0 Å². The maximum atomic E-state index is 13.9. The number of hydrogen-bond donors (Lipinski definition) is 1. The third kappa shape index (κ3) is 4.86. The maximum absolute atomic E-state index is 13.9. The van der Waals surface area contributed by atoms with E-state index in [2.05, 4.69) is 10.1 Å². The Morgan fingerprint density at radius 2 is 2.00 bits per heavy atom. The molecule has 0 aliphatic carbocycles. The second-order valence-corrected chi connectivity index (χ2v) is 6.57. The lowest BCUT2D eigenvalue weighted by Gasteiger charge is -2.17. The number of hydrogen-bond acceptors (Lipinski definition) is 4. The highest BCUT2D eigenvalue weighted by Crippen LogP contribution is 2.29. The van der Waals surface area contributed by atoms with Gasteiger partial charge in [-0.3, -0.25) is 9.59 Å². The minimum atomic E-state index is -4.56. The average Bonchev–Trinajstić information content (AvgIpc) is 3.08. The molecule has 0 saturated carbocycles. The Hall–Kier alpha value is -3.61. The average molecular weight is 421 g/mol. The number of ether oxygens (including phenoxy) is 1. The molecule has 2 aromatic rings. The van der Waals surface area contributed by atoms with Crippen molar-refractivity contribution in [2.75, 3.05) is 23.4 Å². The predicted octanol–water partition coefficient (Wildman–Crippen LogP) is 3.63. The summed E-state index contributed by atoms with van der Waals surface area (Å²) in [6, 6.07) is 11.0. The summed E-state index contributed by atoms with van der Waals surface area (Å²) in [5.74, 6) is -2.55. The van der Waals surface area contributed by atoms with E-state index in [1.165, 1.54) is 35.2 Å². The summed E-state index contributed by atoms with van der Waals surface area (Å²) in [6.45, 7) is -1.58. The molecule has 0 aromatic heterocycles. The Morgan fingerprint density at radius 3 is 2.67 bits per heavy atom. The van der Waals surface area contributed by atoms with Crippen molar-refractivity contribution < 1.29 is 31.9 Å². The molecule has 10 heteroatoms. The fourth-order valence-corrected chi connectivity index (χ4v) is 3.01. The van der Waals surface area contributed by atoms with Crippen molar-refractivity contribution in [3.8, 4) is 11.8 Å². The summed E-state index contributed by atoms with van der Waals surface area (Å²) in [5, 5.41) is 11.7. The quantitative estimate of drug-likeness (QED) is 0.748. The highest BCUT2D eigenvalue weighted by Gasteiger charge is 2.36. The Balaban J connectivity index is 1.68. The van der Waals surface area contributed by atoms with Crippen LogP contribution in [-0.2, 0) is 9.59 Å². The summed E-state index contributed by atoms with van der Waals surface area (Å²) in [5.41, 5.74) is 0.0518. The first-order valence-corrected chi connectivity index (χ1v) is 8.77. The van der Waals surface area contributed by atoms with Gasteiger partial charge in [0, 0.05) is 18.7 Å². The van der Waals surface area contributed by atoms with Crippen LogP contribution in [0.4, 0.5) is 28.9 Å². The van der Waals surface area contributed by atoms with Crippen molar-refractivity contribution in [3.05, 3.63) is 53.8 Å². The maximum Gasteiger partial charge on any atom is 0.422 e. The van der Waals surface area contributed by atoms with Crippen LogP contribution < -0.4 is 15.0 Å². The lowest BCUT2D eigenvalue weighted by Crippen LogP contribution is -2.28. The van der Waals surface area contributed by atoms with E-state index in [0.717, 1.165) is 6.07 Å². The predicted molar refractivity (Wildman–Crippen MR) is 98.2 cm³/mol. The molecule has 156 valence electrons. The minimum Gasteiger partial charge on any atom is -0.483 e. The van der Waals surface area contributed by atoms with Gasteiger partial charge in [-0.1, -0.05) is 12.1 Å². The normalized spacial score (nSPS) is 16.3. The third-order valence-electron chi connectivity index (χ3n) is 4.40. The van der Waals surface area contributed by atoms with Gasteiger partial charge in [-0.25, -0.2) is 4.39 Å². The van der Waals surface area contributed by atoms with Crippen LogP contribution in [0.5, 0.6) is 5.75 Å². The number of halogens is 4. The fraction of sp³-hybridized carbons (Fsp3) is 0.250. The van der Waals surface area contributed by atoms with Crippen LogP contribution in [0.2, 0.25) is 0 Å². The topological polar surface area (TPSA) is 82.4 Å². The van der Waals surface area contributed by atoms with E-state index in [4.69, 9.17) is 5.26 Å². The first-order valence-electron chi connectivity index (χ1n) is 8.77. The smallest absolute Gasteiger partial charge is 0.422 e. The van der Waals surface area contributed by atoms with Crippen molar-refractivity contribution in [1.82, 2.24) is 0 Å². The Bertz CT molecular complexity index is 1020. The number of carbonyl (C=O) groups excluding carboxylic acids is 2. The Morgan fingerprint density at radius 1 is 1.27 bits per heavy atom. The van der Waals surface area contributed by atoms with Crippen molar-refractivity contribution in [3.63, 3.8) is 0 Å². The summed E-state index contributed by atoms with van der Waals surface area (Å²) < 4.78 is 55.4. The van der Waals surface area contributed by atoms with E-state index in [0.29, 0.717) is 0 Å². The number of carbonyl (C=O) groups is 2. The van der Waals surface area contributed by atoms with Crippen LogP contribution in [0.1, 0.15) is 12.0 Å². The summed E-state index contributed by atoms with van der Waals surface area (Å²) in [4.78, 5) is 25.9. The van der Waals surface area contributed by atoms with E-state index in [1.807, 2.05) is 0 Å². The molecule has 0 bridgehead atoms. The van der Waals surface area contributed by atoms with Crippen LogP contribution in [0.3, 0.4) is 0 Å². The van der Waals surface area contributed by atoms with E-state index in [-0.39, 0.29) is 35.7 Å². The molecule has 3 rings (SSSR count). The van der Waals surface area contributed by atoms with Gasteiger partial charge < -0.3 is 15.0 Å². The zero-order valence-corrected chi connectivity index (χ0v) is 15.4. The van der Waals surface area contributed by atoms with Crippen molar-refractivity contribution >= 4 is 23.2 Å². The van der Waals surface area contributed by atoms with E-state index >= 15 is 0 Å². The van der Waals surface area contributed by atoms with E-state index in [9.17, 15) is 27.2 Å². The van der Waals surface area contributed by atoms with Gasteiger partial charge in [0.15, 0.2) is 6.61 Å². The highest BCUT2D eigenvalue weighted by atomic mass is 19.4. The molecule has 1 atom stereocenters. The highest BCUT2D eigenvalue weighted by molar-refractivity contribution is 6.03. The zero-order chi connectivity index (χ0) is 21.9. The SMILES string of the molecule is N#Cc1cc(NC(=O)C2CC(=O)N(c3ccccc3F)C2)ccc1OCC(F)(F)F. The molecule has 1 N–H and O–H groups in total. The first-order chi connectivity index (χ1) is 14.2. The van der Waals surface area contributed by atoms with Gasteiger partial charge in [-0.2, -0.15) is 18.4 Å². The van der Waals surface area contributed by atoms with E-state index < -0.39 is 36.3 Å². The van der Waals surface area contributed by atoms with E-state index in [1.54, 1.807) is 12.1 Å². The molecule has 0 spiro atoms. The molecule has 2 aromatic carbocycles. The monoisotopic (exact) mass is 421 g/mol. The Kier molecular flexibility index (Phi) is 5.91. The molecular weight excluding hydrogens is 406 g/mol. The number of benzene rings is 2. The lowest BCUT2D eigenvalue weighted by atomic mass is 10.1. The number of nitrogens with one attached hydrogen (secondary N) is 1. The van der Waals surface area contributed by atoms with Gasteiger partial charge in [0.25, 0.3) is 0 Å². The number of rotatable bonds is 5. The van der Waals surface area contributed by atoms with Gasteiger partial charge in [-0.15, -0.1) is 0 Å². The van der Waals surface area contributed by atoms with Crippen molar-refractivity contribution in [2.24, 2.45) is 5.92 Å². The molecule has 30 heavy (non-hydrogen) atoms. The molecule has 2 amide bonds. The molecule has 1 saturated heterocycles. The minimum absolute atomic E-state index is 0.0243. The van der Waals surface area contributed by atoms with Crippen LogP contribution in [-0.4, -0.2) is 31.1 Å². The van der Waals surface area contributed by atoms with Crippen LogP contribution in [0.15, 0.2) is 42.5 Å². The van der Waals surface area contributed by atoms with Crippen LogP contribution in [0, 0.1) is 23.1 Å². The van der Waals surface area contributed by atoms with Crippen molar-refractivity contribution in [2.45, 2.75) is 12.6 Å². The van der Waals surface area contributed by atoms with Gasteiger partial charge >= 0.3 is 6.18 Å². The molecule has 1 fully saturated rings. The van der Waals surface area contributed by atoms with Crippen LogP contribution in [0.25, 0.3) is 0 Å². The molecule has 6 nitrogen and oxygen atoms in total.